The van der Waals surface area contributed by atoms with E-state index in [9.17, 15) is 4.79 Å². The molecular weight excluding hydrogens is 260 g/mol. The molecule has 0 radical (unpaired) electrons. The van der Waals surface area contributed by atoms with Gasteiger partial charge in [0, 0.05) is 18.5 Å². The normalized spacial score (nSPS) is 19.1. The number of carbonyl (C=O) groups is 1. The molecular formula is C15H15ClN2O. The van der Waals surface area contributed by atoms with Gasteiger partial charge in [0.1, 0.15) is 5.69 Å². The number of fused-ring (bicyclic) bond motifs is 1. The molecule has 1 aromatic carbocycles. The molecule has 1 unspecified atom stereocenters. The van der Waals surface area contributed by atoms with Crippen molar-refractivity contribution in [1.29, 1.82) is 0 Å². The van der Waals surface area contributed by atoms with Crippen LogP contribution in [-0.4, -0.2) is 28.9 Å². The highest BCUT2D eigenvalue weighted by molar-refractivity contribution is 6.35. The van der Waals surface area contributed by atoms with Crippen molar-refractivity contribution >= 4 is 28.4 Å². The molecule has 4 heteroatoms. The minimum atomic E-state index is -0.0167. The average molecular weight is 275 g/mol. The summed E-state index contributed by atoms with van der Waals surface area (Å²) in [5.41, 5.74) is 1.21. The van der Waals surface area contributed by atoms with E-state index in [1.165, 1.54) is 0 Å². The van der Waals surface area contributed by atoms with E-state index < -0.39 is 0 Å². The number of amides is 1. The van der Waals surface area contributed by atoms with Crippen LogP contribution < -0.4 is 0 Å². The van der Waals surface area contributed by atoms with E-state index in [0.29, 0.717) is 16.6 Å². The van der Waals surface area contributed by atoms with Gasteiger partial charge in [0.2, 0.25) is 0 Å². The minimum absolute atomic E-state index is 0.0167. The topological polar surface area (TPSA) is 33.2 Å². The third-order valence-corrected chi connectivity index (χ3v) is 3.91. The van der Waals surface area contributed by atoms with Crippen molar-refractivity contribution in [2.24, 2.45) is 5.92 Å². The molecule has 1 aliphatic rings. The number of likely N-dealkylation sites (tertiary alicyclic amines) is 1. The molecule has 1 amide bonds. The zero-order valence-corrected chi connectivity index (χ0v) is 11.5. The SMILES string of the molecule is CC1CCN(C(=O)c2cc(Cl)c3ccccc3n2)C1. The highest BCUT2D eigenvalue weighted by Crippen LogP contribution is 2.24. The molecule has 1 aromatic heterocycles. The molecule has 1 atom stereocenters. The fourth-order valence-corrected chi connectivity index (χ4v) is 2.79. The van der Waals surface area contributed by atoms with E-state index in [1.807, 2.05) is 29.2 Å². The van der Waals surface area contributed by atoms with Gasteiger partial charge in [-0.2, -0.15) is 0 Å². The maximum absolute atomic E-state index is 12.4. The van der Waals surface area contributed by atoms with Crippen LogP contribution in [0.15, 0.2) is 30.3 Å². The molecule has 2 heterocycles. The van der Waals surface area contributed by atoms with Crippen LogP contribution in [0, 0.1) is 5.92 Å². The molecule has 1 fully saturated rings. The second-order valence-electron chi connectivity index (χ2n) is 5.15. The van der Waals surface area contributed by atoms with Gasteiger partial charge in [-0.15, -0.1) is 0 Å². The molecule has 19 heavy (non-hydrogen) atoms. The molecule has 0 saturated carbocycles. The zero-order valence-electron chi connectivity index (χ0n) is 10.8. The van der Waals surface area contributed by atoms with Crippen molar-refractivity contribution in [2.45, 2.75) is 13.3 Å². The largest absolute Gasteiger partial charge is 0.337 e. The Labute approximate surface area is 117 Å². The summed E-state index contributed by atoms with van der Waals surface area (Å²) in [4.78, 5) is 18.7. The molecule has 0 bridgehead atoms. The fraction of sp³-hybridized carbons (Fsp3) is 0.333. The van der Waals surface area contributed by atoms with Crippen LogP contribution in [0.5, 0.6) is 0 Å². The summed E-state index contributed by atoms with van der Waals surface area (Å²) in [5, 5.41) is 1.47. The molecule has 0 N–H and O–H groups in total. The number of nitrogens with zero attached hydrogens (tertiary/aromatic N) is 2. The fourth-order valence-electron chi connectivity index (χ4n) is 2.52. The summed E-state index contributed by atoms with van der Waals surface area (Å²) in [6.45, 7) is 3.78. The Morgan fingerprint density at radius 2 is 2.21 bits per heavy atom. The second-order valence-corrected chi connectivity index (χ2v) is 5.56. The molecule has 1 saturated heterocycles. The van der Waals surface area contributed by atoms with E-state index in [0.717, 1.165) is 30.4 Å². The molecule has 3 nitrogen and oxygen atoms in total. The number of aromatic nitrogens is 1. The highest BCUT2D eigenvalue weighted by atomic mass is 35.5. The van der Waals surface area contributed by atoms with Crippen molar-refractivity contribution in [1.82, 2.24) is 9.88 Å². The van der Waals surface area contributed by atoms with E-state index >= 15 is 0 Å². The molecule has 98 valence electrons. The zero-order chi connectivity index (χ0) is 13.4. The van der Waals surface area contributed by atoms with E-state index in [1.54, 1.807) is 6.07 Å². The predicted molar refractivity (Wildman–Crippen MR) is 76.4 cm³/mol. The summed E-state index contributed by atoms with van der Waals surface area (Å²) in [7, 11) is 0. The smallest absolute Gasteiger partial charge is 0.272 e. The quantitative estimate of drug-likeness (QED) is 0.799. The Bertz CT molecular complexity index is 641. The predicted octanol–water partition coefficient (Wildman–Crippen LogP) is 3.37. The van der Waals surface area contributed by atoms with E-state index in [-0.39, 0.29) is 5.91 Å². The lowest BCUT2D eigenvalue weighted by atomic mass is 10.2. The van der Waals surface area contributed by atoms with Crippen LogP contribution in [0.4, 0.5) is 0 Å². The van der Waals surface area contributed by atoms with Crippen LogP contribution in [0.3, 0.4) is 0 Å². The minimum Gasteiger partial charge on any atom is -0.337 e. The van der Waals surface area contributed by atoms with Gasteiger partial charge in [-0.25, -0.2) is 4.98 Å². The number of hydrogen-bond donors (Lipinski definition) is 0. The van der Waals surface area contributed by atoms with Gasteiger partial charge in [0.15, 0.2) is 0 Å². The maximum atomic E-state index is 12.4. The molecule has 3 rings (SSSR count). The van der Waals surface area contributed by atoms with Crippen LogP contribution in [0.1, 0.15) is 23.8 Å². The van der Waals surface area contributed by atoms with Gasteiger partial charge in [-0.1, -0.05) is 36.7 Å². The molecule has 1 aliphatic heterocycles. The van der Waals surface area contributed by atoms with Gasteiger partial charge in [0.25, 0.3) is 5.91 Å². The van der Waals surface area contributed by atoms with E-state index in [4.69, 9.17) is 11.6 Å². The van der Waals surface area contributed by atoms with Crippen molar-refractivity contribution in [3.8, 4) is 0 Å². The van der Waals surface area contributed by atoms with Crippen molar-refractivity contribution in [3.05, 3.63) is 41.0 Å². The first-order valence-corrected chi connectivity index (χ1v) is 6.87. The van der Waals surface area contributed by atoms with Crippen LogP contribution in [0.25, 0.3) is 10.9 Å². The number of rotatable bonds is 1. The number of carbonyl (C=O) groups excluding carboxylic acids is 1. The first-order valence-electron chi connectivity index (χ1n) is 6.49. The van der Waals surface area contributed by atoms with Crippen molar-refractivity contribution in [3.63, 3.8) is 0 Å². The van der Waals surface area contributed by atoms with E-state index in [2.05, 4.69) is 11.9 Å². The molecule has 2 aromatic rings. The first kappa shape index (κ1) is 12.4. The number of hydrogen-bond acceptors (Lipinski definition) is 2. The second kappa shape index (κ2) is 4.82. The molecule has 0 spiro atoms. The van der Waals surface area contributed by atoms with Crippen LogP contribution in [-0.2, 0) is 0 Å². The lowest BCUT2D eigenvalue weighted by molar-refractivity contribution is 0.0782. The lowest BCUT2D eigenvalue weighted by Crippen LogP contribution is -2.29. The Hall–Kier alpha value is -1.61. The summed E-state index contributed by atoms with van der Waals surface area (Å²) in [6, 6.07) is 9.29. The number of benzene rings is 1. The van der Waals surface area contributed by atoms with Gasteiger partial charge in [-0.3, -0.25) is 4.79 Å². The Balaban J connectivity index is 1.99. The number of halogens is 1. The monoisotopic (exact) mass is 274 g/mol. The summed E-state index contributed by atoms with van der Waals surface area (Å²) in [6.07, 6.45) is 1.06. The van der Waals surface area contributed by atoms with Crippen LogP contribution >= 0.6 is 11.6 Å². The van der Waals surface area contributed by atoms with Crippen molar-refractivity contribution < 1.29 is 4.79 Å². The number of para-hydroxylation sites is 1. The number of pyridine rings is 1. The maximum Gasteiger partial charge on any atom is 0.272 e. The Kier molecular flexibility index (Phi) is 3.15. The molecule has 0 aliphatic carbocycles. The van der Waals surface area contributed by atoms with Gasteiger partial charge in [-0.05, 0) is 24.5 Å². The summed E-state index contributed by atoms with van der Waals surface area (Å²) >= 11 is 6.23. The summed E-state index contributed by atoms with van der Waals surface area (Å²) in [5.74, 6) is 0.553. The third-order valence-electron chi connectivity index (χ3n) is 3.60. The average Bonchev–Trinajstić information content (AvgIpc) is 2.84. The highest BCUT2D eigenvalue weighted by Gasteiger charge is 2.25. The third kappa shape index (κ3) is 2.30. The van der Waals surface area contributed by atoms with Crippen molar-refractivity contribution in [2.75, 3.05) is 13.1 Å². The standard InChI is InChI=1S/C15H15ClN2O/c1-10-6-7-18(9-10)15(19)14-8-12(16)11-4-2-3-5-13(11)17-14/h2-5,8,10H,6-7,9H2,1H3. The summed E-state index contributed by atoms with van der Waals surface area (Å²) < 4.78 is 0. The van der Waals surface area contributed by atoms with Crippen LogP contribution in [0.2, 0.25) is 5.02 Å². The van der Waals surface area contributed by atoms with Gasteiger partial charge >= 0.3 is 0 Å². The first-order chi connectivity index (χ1) is 9.15. The van der Waals surface area contributed by atoms with Gasteiger partial charge in [0.05, 0.1) is 10.5 Å². The Morgan fingerprint density at radius 3 is 2.95 bits per heavy atom. The van der Waals surface area contributed by atoms with Gasteiger partial charge < -0.3 is 4.90 Å². The lowest BCUT2D eigenvalue weighted by Gasteiger charge is -2.15. The Morgan fingerprint density at radius 1 is 1.42 bits per heavy atom.